The third-order valence-electron chi connectivity index (χ3n) is 4.73. The highest BCUT2D eigenvalue weighted by atomic mass is 35.5. The van der Waals surface area contributed by atoms with Gasteiger partial charge in [-0.2, -0.15) is 9.41 Å². The van der Waals surface area contributed by atoms with Crippen molar-refractivity contribution in [1.29, 1.82) is 0 Å². The van der Waals surface area contributed by atoms with Gasteiger partial charge in [0.05, 0.1) is 24.3 Å². The average Bonchev–Trinajstić information content (AvgIpc) is 2.82. The van der Waals surface area contributed by atoms with E-state index in [1.165, 1.54) is 36.5 Å². The van der Waals surface area contributed by atoms with Crippen molar-refractivity contribution in [3.8, 4) is 5.75 Å². The molecular weight excluding hydrogens is 533 g/mol. The predicted molar refractivity (Wildman–Crippen MR) is 139 cm³/mol. The zero-order chi connectivity index (χ0) is 25.4. The molecule has 0 radical (unpaired) electrons. The summed E-state index contributed by atoms with van der Waals surface area (Å²) in [5.74, 6) is 0.0902. The van der Waals surface area contributed by atoms with Gasteiger partial charge >= 0.3 is 0 Å². The Labute approximate surface area is 219 Å². The number of rotatable bonds is 10. The SMILES string of the molecule is CCOc1ccc(/C=N\NC(=O)CN(Cc2ccc(Cl)cc2Cl)S(=O)(=O)c2ccc(Cl)cc2)cc1. The molecule has 0 aliphatic heterocycles. The molecule has 0 spiro atoms. The number of amides is 1. The van der Waals surface area contributed by atoms with E-state index < -0.39 is 22.5 Å². The Morgan fingerprint density at radius 2 is 1.66 bits per heavy atom. The maximum absolute atomic E-state index is 13.3. The third-order valence-corrected chi connectivity index (χ3v) is 7.37. The molecule has 0 atom stereocenters. The molecule has 0 aliphatic carbocycles. The average molecular weight is 555 g/mol. The van der Waals surface area contributed by atoms with Crippen LogP contribution in [-0.4, -0.2) is 38.0 Å². The van der Waals surface area contributed by atoms with Crippen LogP contribution in [0.15, 0.2) is 76.7 Å². The van der Waals surface area contributed by atoms with E-state index in [1.54, 1.807) is 36.4 Å². The molecule has 3 aromatic rings. The summed E-state index contributed by atoms with van der Waals surface area (Å²) in [6, 6.07) is 17.5. The zero-order valence-corrected chi connectivity index (χ0v) is 21.7. The Morgan fingerprint density at radius 1 is 1.00 bits per heavy atom. The predicted octanol–water partition coefficient (Wildman–Crippen LogP) is 5.39. The van der Waals surface area contributed by atoms with Gasteiger partial charge in [0, 0.05) is 21.6 Å². The summed E-state index contributed by atoms with van der Waals surface area (Å²) in [5.41, 5.74) is 3.58. The Bertz CT molecular complexity index is 1300. The van der Waals surface area contributed by atoms with Crippen molar-refractivity contribution in [3.05, 3.63) is 92.9 Å². The van der Waals surface area contributed by atoms with Crippen LogP contribution in [0.2, 0.25) is 15.1 Å². The fourth-order valence-electron chi connectivity index (χ4n) is 3.01. The standard InChI is InChI=1S/C24H22Cl3N3O4S/c1-2-34-21-9-3-17(4-10-21)14-28-29-24(31)16-30(15-18-5-6-20(26)13-23(18)27)35(32,33)22-11-7-19(25)8-12-22/h3-14H,2,15-16H2,1H3,(H,29,31)/b28-14-. The molecule has 0 unspecified atom stereocenters. The van der Waals surface area contributed by atoms with Gasteiger partial charge in [0.25, 0.3) is 5.91 Å². The quantitative estimate of drug-likeness (QED) is 0.269. The lowest BCUT2D eigenvalue weighted by Crippen LogP contribution is -2.39. The highest BCUT2D eigenvalue weighted by Crippen LogP contribution is 2.25. The fourth-order valence-corrected chi connectivity index (χ4v) is 4.98. The van der Waals surface area contributed by atoms with E-state index in [9.17, 15) is 13.2 Å². The number of carbonyl (C=O) groups excluding carboxylic acids is 1. The highest BCUT2D eigenvalue weighted by Gasteiger charge is 2.27. The molecule has 11 heteroatoms. The highest BCUT2D eigenvalue weighted by molar-refractivity contribution is 7.89. The Balaban J connectivity index is 1.77. The van der Waals surface area contributed by atoms with Gasteiger partial charge in [0.2, 0.25) is 10.0 Å². The van der Waals surface area contributed by atoms with Gasteiger partial charge in [-0.1, -0.05) is 40.9 Å². The minimum Gasteiger partial charge on any atom is -0.494 e. The topological polar surface area (TPSA) is 88.1 Å². The van der Waals surface area contributed by atoms with Gasteiger partial charge in [-0.25, -0.2) is 13.8 Å². The Morgan fingerprint density at radius 3 is 2.29 bits per heavy atom. The van der Waals surface area contributed by atoms with Crippen LogP contribution >= 0.6 is 34.8 Å². The first-order valence-electron chi connectivity index (χ1n) is 10.4. The van der Waals surface area contributed by atoms with Crippen molar-refractivity contribution in [1.82, 2.24) is 9.73 Å². The molecule has 0 saturated carbocycles. The van der Waals surface area contributed by atoms with Gasteiger partial charge in [-0.3, -0.25) is 4.79 Å². The molecule has 184 valence electrons. The number of ether oxygens (including phenoxy) is 1. The number of sulfonamides is 1. The first-order valence-corrected chi connectivity index (χ1v) is 13.0. The number of benzene rings is 3. The van der Waals surface area contributed by atoms with Gasteiger partial charge < -0.3 is 4.74 Å². The van der Waals surface area contributed by atoms with Crippen molar-refractivity contribution in [3.63, 3.8) is 0 Å². The first-order chi connectivity index (χ1) is 16.7. The van der Waals surface area contributed by atoms with Gasteiger partial charge in [0.1, 0.15) is 5.75 Å². The second-order valence-electron chi connectivity index (χ2n) is 7.26. The minimum absolute atomic E-state index is 0.0160. The molecular formula is C24H22Cl3N3O4S. The maximum atomic E-state index is 13.3. The lowest BCUT2D eigenvalue weighted by atomic mass is 10.2. The normalized spacial score (nSPS) is 11.7. The van der Waals surface area contributed by atoms with E-state index in [-0.39, 0.29) is 16.5 Å². The second-order valence-corrected chi connectivity index (χ2v) is 10.5. The van der Waals surface area contributed by atoms with Crippen molar-refractivity contribution in [2.75, 3.05) is 13.2 Å². The summed E-state index contributed by atoms with van der Waals surface area (Å²) >= 11 is 18.1. The summed E-state index contributed by atoms with van der Waals surface area (Å²) in [7, 11) is -4.07. The molecule has 1 amide bonds. The smallest absolute Gasteiger partial charge is 0.255 e. The van der Waals surface area contributed by atoms with Crippen LogP contribution < -0.4 is 10.2 Å². The van der Waals surface area contributed by atoms with E-state index >= 15 is 0 Å². The van der Waals surface area contributed by atoms with E-state index in [4.69, 9.17) is 39.5 Å². The molecule has 0 fully saturated rings. The summed E-state index contributed by atoms with van der Waals surface area (Å²) in [6.45, 7) is 1.80. The van der Waals surface area contributed by atoms with Crippen molar-refractivity contribution in [2.45, 2.75) is 18.4 Å². The lowest BCUT2D eigenvalue weighted by molar-refractivity contribution is -0.121. The van der Waals surface area contributed by atoms with E-state index in [1.807, 2.05) is 6.92 Å². The number of carbonyl (C=O) groups is 1. The molecule has 7 nitrogen and oxygen atoms in total. The summed E-state index contributed by atoms with van der Waals surface area (Å²) < 4.78 is 33.0. The molecule has 0 aromatic heterocycles. The number of nitrogens with one attached hydrogen (secondary N) is 1. The summed E-state index contributed by atoms with van der Waals surface area (Å²) in [5, 5.41) is 5.00. The molecule has 3 aromatic carbocycles. The zero-order valence-electron chi connectivity index (χ0n) is 18.6. The van der Waals surface area contributed by atoms with Crippen LogP contribution in [0.4, 0.5) is 0 Å². The van der Waals surface area contributed by atoms with Crippen LogP contribution in [-0.2, 0) is 21.4 Å². The van der Waals surface area contributed by atoms with Crippen LogP contribution in [0.1, 0.15) is 18.1 Å². The number of halogens is 3. The van der Waals surface area contributed by atoms with E-state index in [2.05, 4.69) is 10.5 Å². The van der Waals surface area contributed by atoms with Crippen molar-refractivity contribution >= 4 is 56.9 Å². The molecule has 0 bridgehead atoms. The first kappa shape index (κ1) is 27.0. The van der Waals surface area contributed by atoms with Crippen molar-refractivity contribution in [2.24, 2.45) is 5.10 Å². The molecule has 1 N–H and O–H groups in total. The molecule has 0 aliphatic rings. The Hall–Kier alpha value is -2.62. The van der Waals surface area contributed by atoms with Gasteiger partial charge in [-0.05, 0) is 78.7 Å². The number of hydrogen-bond acceptors (Lipinski definition) is 5. The maximum Gasteiger partial charge on any atom is 0.255 e. The number of hydrazone groups is 1. The monoisotopic (exact) mass is 553 g/mol. The van der Waals surface area contributed by atoms with Crippen LogP contribution in [0.25, 0.3) is 0 Å². The van der Waals surface area contributed by atoms with E-state index in [0.717, 1.165) is 15.6 Å². The van der Waals surface area contributed by atoms with E-state index in [0.29, 0.717) is 22.2 Å². The molecule has 0 heterocycles. The lowest BCUT2D eigenvalue weighted by Gasteiger charge is -2.22. The van der Waals surface area contributed by atoms with Gasteiger partial charge in [-0.15, -0.1) is 0 Å². The minimum atomic E-state index is -4.07. The van der Waals surface area contributed by atoms with Crippen LogP contribution in [0, 0.1) is 0 Å². The Kier molecular flexibility index (Phi) is 9.54. The van der Waals surface area contributed by atoms with Gasteiger partial charge in [0.15, 0.2) is 0 Å². The van der Waals surface area contributed by atoms with Crippen LogP contribution in [0.5, 0.6) is 5.75 Å². The van der Waals surface area contributed by atoms with Crippen molar-refractivity contribution < 1.29 is 17.9 Å². The largest absolute Gasteiger partial charge is 0.494 e. The third kappa shape index (κ3) is 7.68. The fraction of sp³-hybridized carbons (Fsp3) is 0.167. The molecule has 3 rings (SSSR count). The summed E-state index contributed by atoms with van der Waals surface area (Å²) in [6.07, 6.45) is 1.45. The number of nitrogens with zero attached hydrogens (tertiary/aromatic N) is 2. The number of hydrogen-bond donors (Lipinski definition) is 1. The summed E-state index contributed by atoms with van der Waals surface area (Å²) in [4.78, 5) is 12.6. The second kappa shape index (κ2) is 12.4. The molecule has 0 saturated heterocycles. The molecule has 35 heavy (non-hydrogen) atoms. The van der Waals surface area contributed by atoms with Crippen LogP contribution in [0.3, 0.4) is 0 Å².